The van der Waals surface area contributed by atoms with Crippen LogP contribution >= 0.6 is 23.5 Å². The van der Waals surface area contributed by atoms with Crippen LogP contribution in [-0.2, 0) is 50.9 Å². The molecule has 0 radical (unpaired) electrons. The second-order valence-corrected chi connectivity index (χ2v) is 20.5. The molecule has 0 aromatic heterocycles. The maximum atomic E-state index is 13.1. The lowest BCUT2D eigenvalue weighted by Crippen LogP contribution is -2.65. The van der Waals surface area contributed by atoms with E-state index in [0.717, 1.165) is 70.6 Å². The largest absolute Gasteiger partial charge is 0.472 e. The Labute approximate surface area is 397 Å². The molecular formula is C45H81O19P3. The Balaban J connectivity index is 2.75. The Hall–Kier alpha value is -1.89. The van der Waals surface area contributed by atoms with Crippen LogP contribution < -0.4 is 0 Å². The lowest BCUT2D eigenvalue weighted by atomic mass is 9.85. The van der Waals surface area contributed by atoms with Crippen molar-refractivity contribution >= 4 is 35.4 Å². The smallest absolute Gasteiger partial charge is 0.462 e. The molecule has 0 spiro atoms. The van der Waals surface area contributed by atoms with Crippen molar-refractivity contribution in [2.24, 2.45) is 0 Å². The van der Waals surface area contributed by atoms with Gasteiger partial charge in [0.1, 0.15) is 43.2 Å². The molecule has 8 unspecified atom stereocenters. The number of rotatable bonds is 40. The number of phosphoric acid groups is 3. The number of hydrogen-bond acceptors (Lipinski definition) is 14. The lowest BCUT2D eigenvalue weighted by molar-refractivity contribution is -0.213. The molecule has 390 valence electrons. The monoisotopic (exact) mass is 1020 g/mol. The van der Waals surface area contributed by atoms with Crippen molar-refractivity contribution < 1.29 is 90.6 Å². The Bertz CT molecular complexity index is 1590. The third kappa shape index (κ3) is 33.4. The van der Waals surface area contributed by atoms with Gasteiger partial charge in [-0.2, -0.15) is 0 Å². The van der Waals surface area contributed by atoms with Crippen molar-refractivity contribution in [3.8, 4) is 0 Å². The Morgan fingerprint density at radius 3 is 1.40 bits per heavy atom. The van der Waals surface area contributed by atoms with Gasteiger partial charge in [0, 0.05) is 12.8 Å². The van der Waals surface area contributed by atoms with Gasteiger partial charge in [0.25, 0.3) is 0 Å². The number of aliphatic hydroxyl groups excluding tert-OH is 3. The van der Waals surface area contributed by atoms with Gasteiger partial charge in [-0.25, -0.2) is 13.7 Å². The molecular weight excluding hydrogens is 937 g/mol. The van der Waals surface area contributed by atoms with Crippen LogP contribution in [0, 0.1) is 0 Å². The summed E-state index contributed by atoms with van der Waals surface area (Å²) in [5.74, 6) is -1.32. The van der Waals surface area contributed by atoms with Crippen LogP contribution in [0.25, 0.3) is 0 Å². The van der Waals surface area contributed by atoms with Gasteiger partial charge in [-0.1, -0.05) is 152 Å². The van der Waals surface area contributed by atoms with Crippen LogP contribution in [0.1, 0.15) is 168 Å². The van der Waals surface area contributed by atoms with E-state index in [0.29, 0.717) is 19.3 Å². The molecule has 0 aliphatic heterocycles. The zero-order valence-corrected chi connectivity index (χ0v) is 42.1. The molecule has 0 bridgehead atoms. The highest BCUT2D eigenvalue weighted by atomic mass is 31.2. The van der Waals surface area contributed by atoms with Crippen LogP contribution in [0.15, 0.2) is 48.6 Å². The minimum atomic E-state index is -5.60. The summed E-state index contributed by atoms with van der Waals surface area (Å²) in [6.45, 7) is 2.81. The van der Waals surface area contributed by atoms with Gasteiger partial charge in [0.2, 0.25) is 0 Å². The average molecular weight is 1020 g/mol. The highest BCUT2D eigenvalue weighted by molar-refractivity contribution is 7.47. The lowest BCUT2D eigenvalue weighted by Gasteiger charge is -2.44. The predicted molar refractivity (Wildman–Crippen MR) is 252 cm³/mol. The van der Waals surface area contributed by atoms with E-state index in [2.05, 4.69) is 71.5 Å². The molecule has 1 rings (SSSR count). The summed E-state index contributed by atoms with van der Waals surface area (Å²) in [4.78, 5) is 73.2. The SMILES string of the molecule is CCC=CCC=CCC=CCC=CCCCCCCC(=O)OC(COC(=O)CCCCCCCCCCCCCCC)COP(=O)(O)OC1C(O)C(O)C(OP(=O)(O)O)C(OP(=O)(O)O)C1O. The summed E-state index contributed by atoms with van der Waals surface area (Å²) < 4.78 is 65.4. The molecule has 0 aromatic carbocycles. The molecule has 19 nitrogen and oxygen atoms in total. The highest BCUT2D eigenvalue weighted by Crippen LogP contribution is 2.51. The fourth-order valence-electron chi connectivity index (χ4n) is 7.10. The first-order chi connectivity index (χ1) is 31.8. The summed E-state index contributed by atoms with van der Waals surface area (Å²) in [6.07, 6.45) is 22.7. The summed E-state index contributed by atoms with van der Waals surface area (Å²) in [7, 11) is -16.6. The maximum absolute atomic E-state index is 13.1. The van der Waals surface area contributed by atoms with Gasteiger partial charge in [-0.05, 0) is 51.4 Å². The van der Waals surface area contributed by atoms with Crippen LogP contribution in [-0.4, -0.2) is 108 Å². The van der Waals surface area contributed by atoms with Crippen molar-refractivity contribution in [3.63, 3.8) is 0 Å². The summed E-state index contributed by atoms with van der Waals surface area (Å²) >= 11 is 0. The van der Waals surface area contributed by atoms with Crippen molar-refractivity contribution in [2.75, 3.05) is 13.2 Å². The van der Waals surface area contributed by atoms with Gasteiger partial charge in [-0.3, -0.25) is 27.7 Å². The molecule has 0 amide bonds. The molecule has 1 fully saturated rings. The van der Waals surface area contributed by atoms with Crippen LogP contribution in [0.4, 0.5) is 0 Å². The maximum Gasteiger partial charge on any atom is 0.472 e. The van der Waals surface area contributed by atoms with E-state index in [9.17, 15) is 63.1 Å². The summed E-state index contributed by atoms with van der Waals surface area (Å²) in [5, 5.41) is 31.9. The molecule has 1 saturated carbocycles. The fraction of sp³-hybridized carbons (Fsp3) is 0.778. The first-order valence-corrected chi connectivity index (χ1v) is 28.5. The third-order valence-electron chi connectivity index (χ3n) is 10.7. The van der Waals surface area contributed by atoms with Gasteiger partial charge < -0.3 is 49.3 Å². The van der Waals surface area contributed by atoms with Crippen molar-refractivity contribution in [3.05, 3.63) is 48.6 Å². The number of carbonyl (C=O) groups is 2. The van der Waals surface area contributed by atoms with Gasteiger partial charge in [0.05, 0.1) is 6.61 Å². The average Bonchev–Trinajstić information content (AvgIpc) is 3.25. The van der Waals surface area contributed by atoms with E-state index in [1.54, 1.807) is 0 Å². The summed E-state index contributed by atoms with van der Waals surface area (Å²) in [6, 6.07) is 0. The molecule has 22 heteroatoms. The minimum Gasteiger partial charge on any atom is -0.462 e. The van der Waals surface area contributed by atoms with Crippen LogP contribution in [0.2, 0.25) is 0 Å². The number of aliphatic hydroxyl groups is 3. The topological polar surface area (TPSA) is 303 Å². The molecule has 0 saturated heterocycles. The standard InChI is InChI=1S/C45H81O19P3/c1-3-5-7-9-11-13-15-17-18-19-20-22-24-26-28-30-32-34-39(47)61-37(35-59-38(46)33-31-29-27-25-23-21-16-14-12-10-8-6-4-2)36-60-67(57,58)64-43-40(48)41(49)44(62-65(51,52)53)45(42(43)50)63-66(54,55)56/h5,7,11,13,17-18,20,22,37,40-45,48-50H,3-4,6,8-10,12,14-16,19,21,23-36H2,1-2H3,(H,57,58)(H2,51,52,53)(H2,54,55,56). The van der Waals surface area contributed by atoms with E-state index in [1.165, 1.54) is 51.4 Å². The normalized spacial score (nSPS) is 22.0. The number of carbonyl (C=O) groups excluding carboxylic acids is 2. The second kappa shape index (κ2) is 37.0. The zero-order chi connectivity index (χ0) is 50.0. The van der Waals surface area contributed by atoms with E-state index >= 15 is 0 Å². The second-order valence-electron chi connectivity index (χ2n) is 16.7. The van der Waals surface area contributed by atoms with Gasteiger partial charge in [0.15, 0.2) is 6.10 Å². The van der Waals surface area contributed by atoms with E-state index in [-0.39, 0.29) is 12.8 Å². The minimum absolute atomic E-state index is 0.0299. The predicted octanol–water partition coefficient (Wildman–Crippen LogP) is 8.62. The number of esters is 2. The van der Waals surface area contributed by atoms with Crippen molar-refractivity contribution in [2.45, 2.75) is 211 Å². The third-order valence-corrected chi connectivity index (χ3v) is 12.7. The van der Waals surface area contributed by atoms with Crippen molar-refractivity contribution in [1.82, 2.24) is 0 Å². The highest BCUT2D eigenvalue weighted by Gasteiger charge is 2.56. The van der Waals surface area contributed by atoms with Crippen molar-refractivity contribution in [1.29, 1.82) is 0 Å². The molecule has 0 heterocycles. The zero-order valence-electron chi connectivity index (χ0n) is 39.5. The number of unbranched alkanes of at least 4 members (excludes halogenated alkanes) is 16. The Morgan fingerprint density at radius 2 is 0.910 bits per heavy atom. The summed E-state index contributed by atoms with van der Waals surface area (Å²) in [5.41, 5.74) is 0. The van der Waals surface area contributed by atoms with Gasteiger partial charge >= 0.3 is 35.4 Å². The number of hydrogen-bond donors (Lipinski definition) is 8. The molecule has 8 atom stereocenters. The van der Waals surface area contributed by atoms with Crippen LogP contribution in [0.3, 0.4) is 0 Å². The van der Waals surface area contributed by atoms with E-state index in [1.807, 2.05) is 0 Å². The number of phosphoric ester groups is 3. The number of ether oxygens (including phenoxy) is 2. The van der Waals surface area contributed by atoms with E-state index < -0.39 is 91.3 Å². The first-order valence-electron chi connectivity index (χ1n) is 23.9. The molecule has 1 aliphatic rings. The quantitative estimate of drug-likeness (QED) is 0.0123. The molecule has 0 aromatic rings. The molecule has 1 aliphatic carbocycles. The molecule has 8 N–H and O–H groups in total. The van der Waals surface area contributed by atoms with Gasteiger partial charge in [-0.15, -0.1) is 0 Å². The molecule has 67 heavy (non-hydrogen) atoms. The first kappa shape index (κ1) is 63.1. The van der Waals surface area contributed by atoms with Crippen LogP contribution in [0.5, 0.6) is 0 Å². The Morgan fingerprint density at radius 1 is 0.493 bits per heavy atom. The fourth-order valence-corrected chi connectivity index (χ4v) is 9.20. The number of allylic oxidation sites excluding steroid dienone is 8. The Kier molecular flexibility index (Phi) is 34.8. The van der Waals surface area contributed by atoms with E-state index in [4.69, 9.17) is 18.5 Å².